The Bertz CT molecular complexity index is 2470. The van der Waals surface area contributed by atoms with E-state index >= 15 is 0 Å². The van der Waals surface area contributed by atoms with Crippen molar-refractivity contribution in [2.75, 3.05) is 4.90 Å². The van der Waals surface area contributed by atoms with Gasteiger partial charge in [-0.3, -0.25) is 0 Å². The zero-order chi connectivity index (χ0) is 27.6. The van der Waals surface area contributed by atoms with Gasteiger partial charge in [-0.15, -0.1) is 0 Å². The van der Waals surface area contributed by atoms with E-state index in [9.17, 15) is 0 Å². The largest absolute Gasteiger partial charge is 0.456 e. The van der Waals surface area contributed by atoms with Gasteiger partial charge in [-0.2, -0.15) is 0 Å². The number of hydrogen-bond donors (Lipinski definition) is 0. The van der Waals surface area contributed by atoms with Crippen LogP contribution in [0.4, 0.5) is 17.1 Å². The third kappa shape index (κ3) is 3.39. The lowest BCUT2D eigenvalue weighted by Gasteiger charge is -2.27. The van der Waals surface area contributed by atoms with Crippen LogP contribution in [0.25, 0.3) is 65.0 Å². The van der Waals surface area contributed by atoms with Crippen LogP contribution in [0.2, 0.25) is 0 Å². The van der Waals surface area contributed by atoms with Gasteiger partial charge in [-0.05, 0) is 74.1 Å². The average Bonchev–Trinajstić information content (AvgIpc) is 3.43. The van der Waals surface area contributed by atoms with Gasteiger partial charge in [0.2, 0.25) is 0 Å². The van der Waals surface area contributed by atoms with Crippen LogP contribution in [0, 0.1) is 0 Å². The highest BCUT2D eigenvalue weighted by molar-refractivity contribution is 6.23. The zero-order valence-electron chi connectivity index (χ0n) is 22.8. The van der Waals surface area contributed by atoms with Gasteiger partial charge < -0.3 is 9.32 Å². The maximum atomic E-state index is 6.30. The lowest BCUT2D eigenvalue weighted by molar-refractivity contribution is 0.669. The molecule has 0 bridgehead atoms. The third-order valence-electron chi connectivity index (χ3n) is 8.63. The summed E-state index contributed by atoms with van der Waals surface area (Å²) in [5.41, 5.74) is 5.09. The lowest BCUT2D eigenvalue weighted by atomic mass is 9.93. The second kappa shape index (κ2) is 8.95. The van der Waals surface area contributed by atoms with E-state index in [0.717, 1.165) is 39.0 Å². The molecule has 196 valence electrons. The molecular formula is C40H25NO. The summed E-state index contributed by atoms with van der Waals surface area (Å²) in [4.78, 5) is 2.34. The highest BCUT2D eigenvalue weighted by atomic mass is 16.3. The second-order valence-electron chi connectivity index (χ2n) is 10.9. The summed E-state index contributed by atoms with van der Waals surface area (Å²) in [6, 6.07) is 54.4. The highest BCUT2D eigenvalue weighted by Gasteiger charge is 2.18. The Morgan fingerprint density at radius 1 is 0.333 bits per heavy atom. The molecule has 0 unspecified atom stereocenters. The fraction of sp³-hybridized carbons (Fsp3) is 0. The molecule has 0 saturated heterocycles. The molecule has 2 nitrogen and oxygen atoms in total. The van der Waals surface area contributed by atoms with Crippen LogP contribution in [-0.4, -0.2) is 0 Å². The molecular weight excluding hydrogens is 510 g/mol. The van der Waals surface area contributed by atoms with E-state index in [1.54, 1.807) is 0 Å². The number of benzene rings is 8. The number of anilines is 3. The van der Waals surface area contributed by atoms with Crippen molar-refractivity contribution < 1.29 is 4.42 Å². The molecule has 2 heteroatoms. The van der Waals surface area contributed by atoms with Crippen molar-refractivity contribution in [1.29, 1.82) is 0 Å². The Labute approximate surface area is 242 Å². The maximum absolute atomic E-state index is 6.30. The number of rotatable bonds is 3. The fourth-order valence-electron chi connectivity index (χ4n) is 6.71. The average molecular weight is 536 g/mol. The van der Waals surface area contributed by atoms with Gasteiger partial charge >= 0.3 is 0 Å². The summed E-state index contributed by atoms with van der Waals surface area (Å²) in [5, 5.41) is 12.4. The molecule has 1 heterocycles. The number of nitrogens with zero attached hydrogens (tertiary/aromatic N) is 1. The summed E-state index contributed by atoms with van der Waals surface area (Å²) < 4.78 is 6.30. The first kappa shape index (κ1) is 23.1. The van der Waals surface area contributed by atoms with Crippen molar-refractivity contribution in [3.05, 3.63) is 152 Å². The van der Waals surface area contributed by atoms with E-state index in [1.807, 2.05) is 12.1 Å². The molecule has 0 saturated carbocycles. The first-order valence-corrected chi connectivity index (χ1v) is 14.4. The van der Waals surface area contributed by atoms with Crippen LogP contribution >= 0.6 is 0 Å². The number of furan rings is 1. The van der Waals surface area contributed by atoms with Crippen molar-refractivity contribution in [1.82, 2.24) is 0 Å². The molecule has 0 amide bonds. The number of para-hydroxylation sites is 2. The van der Waals surface area contributed by atoms with E-state index in [4.69, 9.17) is 4.42 Å². The van der Waals surface area contributed by atoms with Gasteiger partial charge in [0.1, 0.15) is 11.2 Å². The zero-order valence-corrected chi connectivity index (χ0v) is 22.8. The molecule has 0 N–H and O–H groups in total. The van der Waals surface area contributed by atoms with E-state index < -0.39 is 0 Å². The Kier molecular flexibility index (Phi) is 4.93. The summed E-state index contributed by atoms with van der Waals surface area (Å²) in [6.45, 7) is 0. The Hall–Kier alpha value is -5.60. The quantitative estimate of drug-likeness (QED) is 0.209. The molecule has 0 aliphatic carbocycles. The molecule has 0 radical (unpaired) electrons. The molecule has 8 aromatic carbocycles. The summed E-state index contributed by atoms with van der Waals surface area (Å²) in [5.74, 6) is 0. The van der Waals surface area contributed by atoms with Gasteiger partial charge in [-0.1, -0.05) is 109 Å². The van der Waals surface area contributed by atoms with Crippen LogP contribution in [0.3, 0.4) is 0 Å². The molecule has 0 aliphatic rings. The van der Waals surface area contributed by atoms with Gasteiger partial charge in [0.25, 0.3) is 0 Å². The van der Waals surface area contributed by atoms with Crippen molar-refractivity contribution >= 4 is 82.1 Å². The van der Waals surface area contributed by atoms with Gasteiger partial charge in [-0.25, -0.2) is 0 Å². The minimum atomic E-state index is 0.888. The van der Waals surface area contributed by atoms with Gasteiger partial charge in [0.05, 0.1) is 5.69 Å². The second-order valence-corrected chi connectivity index (χ2v) is 10.9. The first-order valence-electron chi connectivity index (χ1n) is 14.4. The minimum absolute atomic E-state index is 0.888. The van der Waals surface area contributed by atoms with Crippen molar-refractivity contribution in [2.45, 2.75) is 0 Å². The Morgan fingerprint density at radius 3 is 1.74 bits per heavy atom. The van der Waals surface area contributed by atoms with Crippen molar-refractivity contribution in [3.8, 4) is 0 Å². The molecule has 0 aliphatic heterocycles. The normalized spacial score (nSPS) is 11.8. The smallest absolute Gasteiger partial charge is 0.137 e. The maximum Gasteiger partial charge on any atom is 0.137 e. The summed E-state index contributed by atoms with van der Waals surface area (Å²) in [7, 11) is 0. The standard InChI is InChI=1S/C40H25NO/c1-2-10-27(11-3-1)41(28-18-20-37-36-13-6-7-16-39(36)42-40(37)25-28)38-15-8-14-30-33-22-21-31-29-12-5-4-9-26(29)17-19-32(31)34(33)23-24-35(30)38/h1-25H. The van der Waals surface area contributed by atoms with Crippen molar-refractivity contribution in [2.24, 2.45) is 0 Å². The molecule has 0 atom stereocenters. The predicted octanol–water partition coefficient (Wildman–Crippen LogP) is 11.7. The molecule has 0 fully saturated rings. The van der Waals surface area contributed by atoms with Crippen LogP contribution in [-0.2, 0) is 0 Å². The van der Waals surface area contributed by atoms with Crippen LogP contribution in [0.1, 0.15) is 0 Å². The molecule has 1 aromatic heterocycles. The van der Waals surface area contributed by atoms with E-state index in [2.05, 4.69) is 144 Å². The SMILES string of the molecule is c1ccc(N(c2ccc3c(c2)oc2ccccc23)c2cccc3c2ccc2c3ccc3c4ccccc4ccc32)cc1. The first-order chi connectivity index (χ1) is 20.8. The molecule has 42 heavy (non-hydrogen) atoms. The predicted molar refractivity (Wildman–Crippen MR) is 178 cm³/mol. The molecule has 9 aromatic rings. The fourth-order valence-corrected chi connectivity index (χ4v) is 6.71. The number of hydrogen-bond acceptors (Lipinski definition) is 2. The summed E-state index contributed by atoms with van der Waals surface area (Å²) in [6.07, 6.45) is 0. The molecule has 9 rings (SSSR count). The van der Waals surface area contributed by atoms with E-state index in [0.29, 0.717) is 0 Å². The minimum Gasteiger partial charge on any atom is -0.456 e. The Morgan fingerprint density at radius 2 is 0.905 bits per heavy atom. The highest BCUT2D eigenvalue weighted by Crippen LogP contribution is 2.43. The topological polar surface area (TPSA) is 16.4 Å². The van der Waals surface area contributed by atoms with Crippen LogP contribution < -0.4 is 4.90 Å². The Balaban J connectivity index is 1.30. The van der Waals surface area contributed by atoms with E-state index in [-0.39, 0.29) is 0 Å². The third-order valence-corrected chi connectivity index (χ3v) is 8.63. The number of fused-ring (bicyclic) bond motifs is 10. The molecule has 0 spiro atoms. The monoisotopic (exact) mass is 535 g/mol. The summed E-state index contributed by atoms with van der Waals surface area (Å²) >= 11 is 0. The lowest BCUT2D eigenvalue weighted by Crippen LogP contribution is -2.10. The van der Waals surface area contributed by atoms with Gasteiger partial charge in [0, 0.05) is 33.6 Å². The van der Waals surface area contributed by atoms with Gasteiger partial charge in [0.15, 0.2) is 0 Å². The van der Waals surface area contributed by atoms with E-state index in [1.165, 1.54) is 43.1 Å². The van der Waals surface area contributed by atoms with Crippen LogP contribution in [0.5, 0.6) is 0 Å². The van der Waals surface area contributed by atoms with Crippen LogP contribution in [0.15, 0.2) is 156 Å². The van der Waals surface area contributed by atoms with Crippen molar-refractivity contribution in [3.63, 3.8) is 0 Å².